The number of nitrogen functional groups attached to an aromatic ring is 1. The second kappa shape index (κ2) is 3.53. The summed E-state index contributed by atoms with van der Waals surface area (Å²) in [5.74, 6) is -2.65. The highest BCUT2D eigenvalue weighted by Gasteiger charge is 2.22. The third-order valence-electron chi connectivity index (χ3n) is 1.71. The number of benzene rings is 1. The Morgan fingerprint density at radius 3 is 2.07 bits per heavy atom. The lowest BCUT2D eigenvalue weighted by molar-refractivity contribution is 0.520. The number of sulfone groups is 1. The first-order chi connectivity index (χ1) is 6.38. The zero-order valence-electron chi connectivity index (χ0n) is 7.42. The molecule has 0 aliphatic carbocycles. The van der Waals surface area contributed by atoms with Crippen LogP contribution in [0.25, 0.3) is 0 Å². The maximum absolute atomic E-state index is 13.1. The van der Waals surface area contributed by atoms with Gasteiger partial charge in [0.05, 0.1) is 5.75 Å². The van der Waals surface area contributed by atoms with Crippen molar-refractivity contribution in [3.8, 4) is 0 Å². The van der Waals surface area contributed by atoms with Crippen molar-refractivity contribution >= 4 is 15.5 Å². The maximum Gasteiger partial charge on any atom is 0.183 e. The van der Waals surface area contributed by atoms with E-state index in [-0.39, 0.29) is 11.4 Å². The molecule has 0 aliphatic rings. The Morgan fingerprint density at radius 1 is 1.29 bits per heavy atom. The van der Waals surface area contributed by atoms with Gasteiger partial charge in [0, 0.05) is 5.69 Å². The summed E-state index contributed by atoms with van der Waals surface area (Å²) in [4.78, 5) is -0.908. The predicted octanol–water partition coefficient (Wildman–Crippen LogP) is 1.34. The summed E-state index contributed by atoms with van der Waals surface area (Å²) >= 11 is 0. The minimum absolute atomic E-state index is 0.143. The minimum Gasteiger partial charge on any atom is -0.399 e. The van der Waals surface area contributed by atoms with Gasteiger partial charge in [-0.2, -0.15) is 0 Å². The molecule has 0 amide bonds. The molecule has 0 bridgehead atoms. The monoisotopic (exact) mass is 221 g/mol. The van der Waals surface area contributed by atoms with E-state index in [4.69, 9.17) is 5.73 Å². The van der Waals surface area contributed by atoms with Crippen LogP contribution in [-0.4, -0.2) is 14.2 Å². The molecule has 6 heteroatoms. The molecular formula is C8H9F2NO2S. The Labute approximate surface area is 80.5 Å². The zero-order valence-corrected chi connectivity index (χ0v) is 8.24. The molecule has 0 saturated heterocycles. The molecule has 1 aromatic rings. The minimum atomic E-state index is -3.88. The largest absolute Gasteiger partial charge is 0.399 e. The van der Waals surface area contributed by atoms with E-state index in [2.05, 4.69) is 0 Å². The third kappa shape index (κ3) is 1.84. The Kier molecular flexibility index (Phi) is 2.75. The highest BCUT2D eigenvalue weighted by molar-refractivity contribution is 7.91. The topological polar surface area (TPSA) is 60.2 Å². The van der Waals surface area contributed by atoms with Crippen molar-refractivity contribution in [1.82, 2.24) is 0 Å². The summed E-state index contributed by atoms with van der Waals surface area (Å²) in [6.07, 6.45) is 0. The number of rotatable bonds is 2. The number of hydrogen-bond donors (Lipinski definition) is 1. The van der Waals surface area contributed by atoms with Crippen molar-refractivity contribution in [1.29, 1.82) is 0 Å². The van der Waals surface area contributed by atoms with Crippen molar-refractivity contribution in [2.24, 2.45) is 0 Å². The smallest absolute Gasteiger partial charge is 0.183 e. The van der Waals surface area contributed by atoms with E-state index in [9.17, 15) is 17.2 Å². The van der Waals surface area contributed by atoms with Gasteiger partial charge in [0.2, 0.25) is 0 Å². The van der Waals surface area contributed by atoms with Crippen LogP contribution in [-0.2, 0) is 9.84 Å². The van der Waals surface area contributed by atoms with Gasteiger partial charge in [-0.05, 0) is 12.1 Å². The average molecular weight is 221 g/mol. The molecule has 0 aliphatic heterocycles. The van der Waals surface area contributed by atoms with E-state index in [1.54, 1.807) is 0 Å². The van der Waals surface area contributed by atoms with Crippen molar-refractivity contribution in [2.75, 3.05) is 11.5 Å². The lowest BCUT2D eigenvalue weighted by atomic mass is 10.3. The third-order valence-corrected chi connectivity index (χ3v) is 3.48. The number of hydrogen-bond acceptors (Lipinski definition) is 3. The first-order valence-corrected chi connectivity index (χ1v) is 5.51. The van der Waals surface area contributed by atoms with Crippen LogP contribution < -0.4 is 5.73 Å². The van der Waals surface area contributed by atoms with E-state index in [1.807, 2.05) is 0 Å². The summed E-state index contributed by atoms with van der Waals surface area (Å²) in [5.41, 5.74) is 4.99. The number of anilines is 1. The van der Waals surface area contributed by atoms with Crippen molar-refractivity contribution in [2.45, 2.75) is 11.8 Å². The van der Waals surface area contributed by atoms with Crippen molar-refractivity contribution in [3.63, 3.8) is 0 Å². The molecule has 2 N–H and O–H groups in total. The van der Waals surface area contributed by atoms with Crippen molar-refractivity contribution < 1.29 is 17.2 Å². The second-order valence-electron chi connectivity index (χ2n) is 2.72. The fourth-order valence-electron chi connectivity index (χ4n) is 1.02. The van der Waals surface area contributed by atoms with Gasteiger partial charge < -0.3 is 5.73 Å². The van der Waals surface area contributed by atoms with Crippen LogP contribution >= 0.6 is 0 Å². The normalized spacial score (nSPS) is 11.6. The van der Waals surface area contributed by atoms with E-state index in [1.165, 1.54) is 6.92 Å². The fraction of sp³-hybridized carbons (Fsp3) is 0.250. The van der Waals surface area contributed by atoms with E-state index in [0.29, 0.717) is 0 Å². The first kappa shape index (κ1) is 10.9. The summed E-state index contributed by atoms with van der Waals surface area (Å²) < 4.78 is 48.7. The molecule has 1 rings (SSSR count). The zero-order chi connectivity index (χ0) is 10.9. The molecular weight excluding hydrogens is 212 g/mol. The van der Waals surface area contributed by atoms with Crippen LogP contribution in [0.1, 0.15) is 6.92 Å². The molecule has 3 nitrogen and oxygen atoms in total. The van der Waals surface area contributed by atoms with Crippen molar-refractivity contribution in [3.05, 3.63) is 23.8 Å². The molecule has 1 aromatic carbocycles. The van der Waals surface area contributed by atoms with Crippen LogP contribution in [0.5, 0.6) is 0 Å². The standard InChI is InChI=1S/C8H9F2NO2S/c1-2-14(12,13)8-6(9)3-5(11)4-7(8)10/h3-4H,2,11H2,1H3. The van der Waals surface area contributed by atoms with E-state index in [0.717, 1.165) is 12.1 Å². The van der Waals surface area contributed by atoms with Crippen LogP contribution in [0.2, 0.25) is 0 Å². The number of nitrogens with two attached hydrogens (primary N) is 1. The SMILES string of the molecule is CCS(=O)(=O)c1c(F)cc(N)cc1F. The molecule has 0 radical (unpaired) electrons. The Balaban J connectivity index is 3.51. The van der Waals surface area contributed by atoms with E-state index < -0.39 is 26.4 Å². The summed E-state index contributed by atoms with van der Waals surface area (Å²) in [6.45, 7) is 1.31. The molecule has 14 heavy (non-hydrogen) atoms. The van der Waals surface area contributed by atoms with Crippen LogP contribution in [0.15, 0.2) is 17.0 Å². The Bertz CT molecular complexity index is 433. The molecule has 0 heterocycles. The first-order valence-electron chi connectivity index (χ1n) is 3.85. The predicted molar refractivity (Wildman–Crippen MR) is 48.5 cm³/mol. The Hall–Kier alpha value is -1.17. The summed E-state index contributed by atoms with van der Waals surface area (Å²) in [5, 5.41) is 0. The molecule has 0 fully saturated rings. The molecule has 0 unspecified atom stereocenters. The summed E-state index contributed by atoms with van der Waals surface area (Å²) in [6, 6.07) is 1.57. The molecule has 0 aromatic heterocycles. The van der Waals surface area contributed by atoms with Gasteiger partial charge in [-0.1, -0.05) is 6.92 Å². The van der Waals surface area contributed by atoms with Crippen LogP contribution in [0, 0.1) is 11.6 Å². The maximum atomic E-state index is 13.1. The molecule has 0 atom stereocenters. The average Bonchev–Trinajstić information content (AvgIpc) is 2.01. The lowest BCUT2D eigenvalue weighted by Crippen LogP contribution is -2.09. The molecule has 0 spiro atoms. The van der Waals surface area contributed by atoms with E-state index >= 15 is 0 Å². The Morgan fingerprint density at radius 2 is 1.71 bits per heavy atom. The van der Waals surface area contributed by atoms with Crippen LogP contribution in [0.4, 0.5) is 14.5 Å². The van der Waals surface area contributed by atoms with Gasteiger partial charge in [0.1, 0.15) is 16.5 Å². The highest BCUT2D eigenvalue weighted by atomic mass is 32.2. The van der Waals surface area contributed by atoms with Crippen LogP contribution in [0.3, 0.4) is 0 Å². The second-order valence-corrected chi connectivity index (χ2v) is 4.93. The van der Waals surface area contributed by atoms with Gasteiger partial charge >= 0.3 is 0 Å². The lowest BCUT2D eigenvalue weighted by Gasteiger charge is -2.05. The van der Waals surface area contributed by atoms with Gasteiger partial charge in [-0.25, -0.2) is 17.2 Å². The van der Waals surface area contributed by atoms with Gasteiger partial charge in [-0.3, -0.25) is 0 Å². The highest BCUT2D eigenvalue weighted by Crippen LogP contribution is 2.22. The van der Waals surface area contributed by atoms with Gasteiger partial charge in [0.15, 0.2) is 9.84 Å². The number of halogens is 2. The summed E-state index contributed by atoms with van der Waals surface area (Å²) in [7, 11) is -3.88. The fourth-order valence-corrected chi connectivity index (χ4v) is 2.02. The molecule has 0 saturated carbocycles. The van der Waals surface area contributed by atoms with Gasteiger partial charge in [-0.15, -0.1) is 0 Å². The van der Waals surface area contributed by atoms with Gasteiger partial charge in [0.25, 0.3) is 0 Å². The quantitative estimate of drug-likeness (QED) is 0.766. The molecule has 78 valence electrons.